The van der Waals surface area contributed by atoms with E-state index in [2.05, 4.69) is 15.6 Å². The number of rotatable bonds is 1. The van der Waals surface area contributed by atoms with Crippen LogP contribution in [0.2, 0.25) is 0 Å². The van der Waals surface area contributed by atoms with Crippen LogP contribution < -0.4 is 10.6 Å². The van der Waals surface area contributed by atoms with E-state index < -0.39 is 5.97 Å². The molecule has 62 valence electrons. The monoisotopic (exact) mass is 165 g/mol. The maximum absolute atomic E-state index is 10.5. The number of hydrogen-bond acceptors (Lipinski definition) is 4. The first kappa shape index (κ1) is 6.90. The van der Waals surface area contributed by atoms with Crippen molar-refractivity contribution in [3.8, 4) is 0 Å². The van der Waals surface area contributed by atoms with Gasteiger partial charge in [0.15, 0.2) is 0 Å². The number of carboxylic acid groups (broad SMARTS) is 1. The average molecular weight is 165 g/mol. The largest absolute Gasteiger partial charge is 0.477 e. The number of fused-ring (bicyclic) bond motifs is 1. The summed E-state index contributed by atoms with van der Waals surface area (Å²) in [6.07, 6.45) is 1.51. The molecular formula is C7H7N3O2. The first-order valence-corrected chi connectivity index (χ1v) is 3.48. The summed E-state index contributed by atoms with van der Waals surface area (Å²) in [4.78, 5) is 14.2. The Morgan fingerprint density at radius 3 is 3.00 bits per heavy atom. The summed E-state index contributed by atoms with van der Waals surface area (Å²) >= 11 is 0. The fourth-order valence-corrected chi connectivity index (χ4v) is 1.09. The molecule has 2 heterocycles. The lowest BCUT2D eigenvalue weighted by Gasteiger charge is -1.98. The summed E-state index contributed by atoms with van der Waals surface area (Å²) in [6.45, 7) is 0.625. The minimum atomic E-state index is -1.01. The van der Waals surface area contributed by atoms with Gasteiger partial charge in [-0.25, -0.2) is 9.78 Å². The van der Waals surface area contributed by atoms with Crippen molar-refractivity contribution in [2.24, 2.45) is 0 Å². The number of aromatic nitrogens is 1. The van der Waals surface area contributed by atoms with Crippen molar-refractivity contribution in [3.05, 3.63) is 18.0 Å². The SMILES string of the molecule is O=C(O)c1cc2c(cn1)NCN2. The summed E-state index contributed by atoms with van der Waals surface area (Å²) in [7, 11) is 0. The van der Waals surface area contributed by atoms with Crippen molar-refractivity contribution in [1.82, 2.24) is 4.98 Å². The molecule has 0 unspecified atom stereocenters. The van der Waals surface area contributed by atoms with Gasteiger partial charge in [0.2, 0.25) is 0 Å². The molecule has 0 aliphatic carbocycles. The van der Waals surface area contributed by atoms with E-state index in [-0.39, 0.29) is 5.69 Å². The zero-order valence-corrected chi connectivity index (χ0v) is 6.16. The molecule has 12 heavy (non-hydrogen) atoms. The minimum absolute atomic E-state index is 0.0601. The maximum Gasteiger partial charge on any atom is 0.354 e. The lowest BCUT2D eigenvalue weighted by atomic mass is 10.3. The Morgan fingerprint density at radius 2 is 2.25 bits per heavy atom. The molecule has 0 aromatic carbocycles. The van der Waals surface area contributed by atoms with Gasteiger partial charge in [-0.05, 0) is 6.07 Å². The summed E-state index contributed by atoms with van der Waals surface area (Å²) in [6, 6.07) is 1.51. The second-order valence-electron chi connectivity index (χ2n) is 2.45. The van der Waals surface area contributed by atoms with Gasteiger partial charge in [0.1, 0.15) is 5.69 Å². The van der Waals surface area contributed by atoms with Gasteiger partial charge in [-0.15, -0.1) is 0 Å². The number of nitrogens with zero attached hydrogens (tertiary/aromatic N) is 1. The van der Waals surface area contributed by atoms with Crippen molar-refractivity contribution in [2.75, 3.05) is 17.3 Å². The highest BCUT2D eigenvalue weighted by atomic mass is 16.4. The van der Waals surface area contributed by atoms with E-state index in [0.717, 1.165) is 11.4 Å². The molecule has 1 aliphatic heterocycles. The van der Waals surface area contributed by atoms with Gasteiger partial charge in [0.05, 0.1) is 24.2 Å². The van der Waals surface area contributed by atoms with Crippen LogP contribution in [0.3, 0.4) is 0 Å². The van der Waals surface area contributed by atoms with Crippen molar-refractivity contribution in [1.29, 1.82) is 0 Å². The van der Waals surface area contributed by atoms with Gasteiger partial charge in [-0.3, -0.25) is 0 Å². The number of pyridine rings is 1. The summed E-state index contributed by atoms with van der Waals surface area (Å²) < 4.78 is 0. The van der Waals surface area contributed by atoms with Crippen LogP contribution in [0, 0.1) is 0 Å². The van der Waals surface area contributed by atoms with Crippen LogP contribution in [0.5, 0.6) is 0 Å². The second kappa shape index (κ2) is 2.37. The molecular weight excluding hydrogens is 158 g/mol. The molecule has 5 nitrogen and oxygen atoms in total. The molecule has 0 atom stereocenters. The van der Waals surface area contributed by atoms with Gasteiger partial charge >= 0.3 is 5.97 Å². The standard InChI is InChI=1S/C7H7N3O2/c11-7(12)5-1-4-6(2-8-5)10-3-9-4/h1-2,9-10H,3H2,(H,11,12). The van der Waals surface area contributed by atoms with E-state index in [4.69, 9.17) is 5.11 Å². The molecule has 0 bridgehead atoms. The van der Waals surface area contributed by atoms with Crippen LogP contribution in [0.1, 0.15) is 10.5 Å². The maximum atomic E-state index is 10.5. The predicted molar refractivity (Wildman–Crippen MR) is 43.3 cm³/mol. The van der Waals surface area contributed by atoms with E-state index in [9.17, 15) is 4.79 Å². The number of anilines is 2. The molecule has 0 spiro atoms. The first-order valence-electron chi connectivity index (χ1n) is 3.48. The quantitative estimate of drug-likeness (QED) is 0.567. The van der Waals surface area contributed by atoms with Gasteiger partial charge in [0.25, 0.3) is 0 Å². The number of carbonyl (C=O) groups is 1. The lowest BCUT2D eigenvalue weighted by molar-refractivity contribution is 0.0690. The number of aromatic carboxylic acids is 1. The van der Waals surface area contributed by atoms with E-state index in [0.29, 0.717) is 6.67 Å². The Bertz CT molecular complexity index is 337. The number of hydrogen-bond donors (Lipinski definition) is 3. The second-order valence-corrected chi connectivity index (χ2v) is 2.45. The van der Waals surface area contributed by atoms with Gasteiger partial charge in [-0.2, -0.15) is 0 Å². The molecule has 0 saturated carbocycles. The van der Waals surface area contributed by atoms with Crippen molar-refractivity contribution in [3.63, 3.8) is 0 Å². The van der Waals surface area contributed by atoms with E-state index >= 15 is 0 Å². The highest BCUT2D eigenvalue weighted by Gasteiger charge is 2.12. The average Bonchev–Trinajstić information content (AvgIpc) is 2.49. The molecule has 3 N–H and O–H groups in total. The highest BCUT2D eigenvalue weighted by Crippen LogP contribution is 2.24. The normalized spacial score (nSPS) is 13.0. The molecule has 0 radical (unpaired) electrons. The summed E-state index contributed by atoms with van der Waals surface area (Å²) in [5, 5.41) is 14.6. The smallest absolute Gasteiger partial charge is 0.354 e. The Morgan fingerprint density at radius 1 is 1.50 bits per heavy atom. The van der Waals surface area contributed by atoms with Crippen molar-refractivity contribution >= 4 is 17.3 Å². The third-order valence-electron chi connectivity index (χ3n) is 1.68. The van der Waals surface area contributed by atoms with Crippen LogP contribution in [-0.4, -0.2) is 22.7 Å². The van der Waals surface area contributed by atoms with E-state index in [1.807, 2.05) is 0 Å². The van der Waals surface area contributed by atoms with Crippen LogP contribution in [-0.2, 0) is 0 Å². The highest BCUT2D eigenvalue weighted by molar-refractivity contribution is 5.88. The topological polar surface area (TPSA) is 74.2 Å². The third-order valence-corrected chi connectivity index (χ3v) is 1.68. The van der Waals surface area contributed by atoms with Crippen LogP contribution in [0.15, 0.2) is 12.3 Å². The summed E-state index contributed by atoms with van der Waals surface area (Å²) in [5.41, 5.74) is 1.70. The molecule has 1 aliphatic rings. The molecule has 1 aromatic heterocycles. The third kappa shape index (κ3) is 0.952. The van der Waals surface area contributed by atoms with E-state index in [1.165, 1.54) is 12.3 Å². The van der Waals surface area contributed by atoms with Crippen LogP contribution in [0.25, 0.3) is 0 Å². The summed E-state index contributed by atoms with van der Waals surface area (Å²) in [5.74, 6) is -1.01. The predicted octanol–water partition coefficient (Wildman–Crippen LogP) is 0.575. The van der Waals surface area contributed by atoms with Gasteiger partial charge < -0.3 is 15.7 Å². The molecule has 0 fully saturated rings. The molecule has 0 saturated heterocycles. The zero-order chi connectivity index (χ0) is 8.55. The Balaban J connectivity index is 2.45. The molecule has 0 amide bonds. The van der Waals surface area contributed by atoms with Crippen molar-refractivity contribution < 1.29 is 9.90 Å². The molecule has 2 rings (SSSR count). The zero-order valence-electron chi connectivity index (χ0n) is 6.16. The van der Waals surface area contributed by atoms with Gasteiger partial charge in [0, 0.05) is 0 Å². The first-order chi connectivity index (χ1) is 5.77. The fourth-order valence-electron chi connectivity index (χ4n) is 1.09. The fraction of sp³-hybridized carbons (Fsp3) is 0.143. The van der Waals surface area contributed by atoms with Crippen LogP contribution in [0.4, 0.5) is 11.4 Å². The van der Waals surface area contributed by atoms with Crippen LogP contribution >= 0.6 is 0 Å². The lowest BCUT2D eigenvalue weighted by Crippen LogP contribution is -2.00. The van der Waals surface area contributed by atoms with Crippen molar-refractivity contribution in [2.45, 2.75) is 0 Å². The Labute approximate surface area is 68.4 Å². The number of carboxylic acids is 1. The Kier molecular flexibility index (Phi) is 1.36. The minimum Gasteiger partial charge on any atom is -0.477 e. The molecule has 1 aromatic rings. The molecule has 5 heteroatoms. The van der Waals surface area contributed by atoms with E-state index in [1.54, 1.807) is 0 Å². The van der Waals surface area contributed by atoms with Gasteiger partial charge in [-0.1, -0.05) is 0 Å². The Hall–Kier alpha value is -1.78. The number of nitrogens with one attached hydrogen (secondary N) is 2.